The van der Waals surface area contributed by atoms with Crippen LogP contribution in [0.3, 0.4) is 0 Å². The molecule has 0 bridgehead atoms. The van der Waals surface area contributed by atoms with Gasteiger partial charge in [0.15, 0.2) is 0 Å². The van der Waals surface area contributed by atoms with Gasteiger partial charge in [-0.25, -0.2) is 0 Å². The number of halogens is 1. The predicted octanol–water partition coefficient (Wildman–Crippen LogP) is 2.45. The van der Waals surface area contributed by atoms with E-state index in [0.29, 0.717) is 12.2 Å². The summed E-state index contributed by atoms with van der Waals surface area (Å²) in [4.78, 5) is 21.5. The van der Waals surface area contributed by atoms with E-state index in [1.165, 1.54) is 0 Å². The lowest BCUT2D eigenvalue weighted by Crippen LogP contribution is -2.08. The number of ether oxygens (including phenoxy) is 1. The molecule has 0 saturated heterocycles. The molecule has 0 aliphatic carbocycles. The van der Waals surface area contributed by atoms with Gasteiger partial charge in [0, 0.05) is 16.4 Å². The van der Waals surface area contributed by atoms with Crippen molar-refractivity contribution >= 4 is 34.5 Å². The minimum atomic E-state index is -0.901. The average molecular weight is 334 g/mol. The minimum Gasteiger partial charge on any atom is -0.481 e. The Morgan fingerprint density at radius 3 is 2.38 bits per heavy atom. The molecule has 4 nitrogen and oxygen atoms in total. The van der Waals surface area contributed by atoms with Crippen molar-refractivity contribution in [1.82, 2.24) is 0 Å². The predicted molar refractivity (Wildman–Crippen MR) is 66.3 cm³/mol. The van der Waals surface area contributed by atoms with Gasteiger partial charge in [-0.2, -0.15) is 0 Å². The second-order valence-electron chi connectivity index (χ2n) is 3.18. The van der Waals surface area contributed by atoms with Crippen molar-refractivity contribution in [3.8, 4) is 5.75 Å². The van der Waals surface area contributed by atoms with Crippen molar-refractivity contribution in [2.75, 3.05) is 0 Å². The Balaban J connectivity index is 2.34. The number of hydrogen-bond donors (Lipinski definition) is 1. The molecule has 0 aliphatic rings. The van der Waals surface area contributed by atoms with Crippen LogP contribution in [-0.2, 0) is 9.59 Å². The van der Waals surface area contributed by atoms with Crippen molar-refractivity contribution < 1.29 is 19.4 Å². The zero-order valence-corrected chi connectivity index (χ0v) is 10.6. The summed E-state index contributed by atoms with van der Waals surface area (Å²) in [7, 11) is 0. The molecule has 5 heteroatoms. The number of carbonyl (C=O) groups excluding carboxylic acids is 1. The van der Waals surface area contributed by atoms with Gasteiger partial charge in [-0.15, -0.1) is 0 Å². The second-order valence-corrected chi connectivity index (χ2v) is 4.42. The van der Waals surface area contributed by atoms with Crippen LogP contribution in [0.4, 0.5) is 0 Å². The van der Waals surface area contributed by atoms with Gasteiger partial charge in [0.2, 0.25) is 0 Å². The van der Waals surface area contributed by atoms with E-state index in [2.05, 4.69) is 22.6 Å². The van der Waals surface area contributed by atoms with Crippen LogP contribution < -0.4 is 4.74 Å². The summed E-state index contributed by atoms with van der Waals surface area (Å²) in [6, 6.07) is 7.08. The first kappa shape index (κ1) is 13.0. The highest BCUT2D eigenvalue weighted by molar-refractivity contribution is 14.1. The van der Waals surface area contributed by atoms with Gasteiger partial charge in [-0.05, 0) is 53.3 Å². The summed E-state index contributed by atoms with van der Waals surface area (Å²) in [5.74, 6) is -0.815. The fourth-order valence-corrected chi connectivity index (χ4v) is 1.43. The van der Waals surface area contributed by atoms with Gasteiger partial charge < -0.3 is 9.84 Å². The van der Waals surface area contributed by atoms with E-state index >= 15 is 0 Å². The van der Waals surface area contributed by atoms with Gasteiger partial charge in [0.1, 0.15) is 5.75 Å². The molecule has 0 unspecified atom stereocenters. The largest absolute Gasteiger partial charge is 0.481 e. The number of benzene rings is 1. The Morgan fingerprint density at radius 1 is 1.19 bits per heavy atom. The first-order valence-corrected chi connectivity index (χ1v) is 5.84. The molecule has 0 spiro atoms. The molecule has 0 aromatic heterocycles. The van der Waals surface area contributed by atoms with Gasteiger partial charge in [-0.3, -0.25) is 9.59 Å². The summed E-state index contributed by atoms with van der Waals surface area (Å²) in [6.45, 7) is 0. The molecule has 0 amide bonds. The summed E-state index contributed by atoms with van der Waals surface area (Å²) in [5.41, 5.74) is 0. The van der Waals surface area contributed by atoms with E-state index in [1.54, 1.807) is 12.1 Å². The topological polar surface area (TPSA) is 63.6 Å². The molecule has 0 saturated carbocycles. The molecule has 0 fully saturated rings. The van der Waals surface area contributed by atoms with Crippen LogP contribution >= 0.6 is 22.6 Å². The molecule has 86 valence electrons. The molecule has 0 heterocycles. The van der Waals surface area contributed by atoms with Crippen LogP contribution in [-0.4, -0.2) is 17.0 Å². The number of carbonyl (C=O) groups is 2. The molecular formula is C11H11IO4. The van der Waals surface area contributed by atoms with Crippen molar-refractivity contribution in [3.05, 3.63) is 27.8 Å². The third-order valence-corrected chi connectivity index (χ3v) is 2.54. The quantitative estimate of drug-likeness (QED) is 0.510. The van der Waals surface area contributed by atoms with Crippen molar-refractivity contribution in [2.45, 2.75) is 19.3 Å². The summed E-state index contributed by atoms with van der Waals surface area (Å²) in [6.07, 6.45) is 0.415. The Kier molecular flexibility index (Phi) is 5.24. The standard InChI is InChI=1S/C11H11IO4/c12-8-4-6-9(7-5-8)16-11(15)3-1-2-10(13)14/h4-7H,1-3H2,(H,13,14). The van der Waals surface area contributed by atoms with Crippen molar-refractivity contribution in [3.63, 3.8) is 0 Å². The first-order valence-electron chi connectivity index (χ1n) is 4.76. The van der Waals surface area contributed by atoms with Gasteiger partial charge in [0.05, 0.1) is 0 Å². The molecule has 0 radical (unpaired) electrons. The zero-order valence-electron chi connectivity index (χ0n) is 8.48. The lowest BCUT2D eigenvalue weighted by atomic mass is 10.2. The van der Waals surface area contributed by atoms with E-state index < -0.39 is 11.9 Å². The van der Waals surface area contributed by atoms with Crippen LogP contribution in [0.1, 0.15) is 19.3 Å². The van der Waals surface area contributed by atoms with E-state index in [4.69, 9.17) is 9.84 Å². The number of carboxylic acids is 1. The fourth-order valence-electron chi connectivity index (χ4n) is 1.07. The third kappa shape index (κ3) is 5.11. The molecule has 1 aromatic rings. The van der Waals surface area contributed by atoms with Crippen molar-refractivity contribution in [2.24, 2.45) is 0 Å². The summed E-state index contributed by atoms with van der Waals surface area (Å²) >= 11 is 2.15. The third-order valence-electron chi connectivity index (χ3n) is 1.82. The number of esters is 1. The fraction of sp³-hybridized carbons (Fsp3) is 0.273. The number of aliphatic carboxylic acids is 1. The van der Waals surface area contributed by atoms with Crippen molar-refractivity contribution in [1.29, 1.82) is 0 Å². The van der Waals surface area contributed by atoms with Crippen LogP contribution in [0, 0.1) is 3.57 Å². The molecular weight excluding hydrogens is 323 g/mol. The van der Waals surface area contributed by atoms with E-state index in [9.17, 15) is 9.59 Å². The Bertz CT molecular complexity index is 372. The first-order chi connectivity index (χ1) is 7.58. The van der Waals surface area contributed by atoms with Crippen LogP contribution in [0.25, 0.3) is 0 Å². The van der Waals surface area contributed by atoms with Gasteiger partial charge in [-0.1, -0.05) is 0 Å². The maximum atomic E-state index is 11.3. The van der Waals surface area contributed by atoms with Crippen LogP contribution in [0.15, 0.2) is 24.3 Å². The molecule has 1 N–H and O–H groups in total. The summed E-state index contributed by atoms with van der Waals surface area (Å²) in [5, 5.41) is 8.39. The minimum absolute atomic E-state index is 0.0121. The average Bonchev–Trinajstić information content (AvgIpc) is 2.21. The molecule has 0 aliphatic heterocycles. The van der Waals surface area contributed by atoms with E-state index in [0.717, 1.165) is 3.57 Å². The van der Waals surface area contributed by atoms with Crippen LogP contribution in [0.2, 0.25) is 0 Å². The SMILES string of the molecule is O=C(O)CCCC(=O)Oc1ccc(I)cc1. The normalized spacial score (nSPS) is 9.81. The lowest BCUT2D eigenvalue weighted by Gasteiger charge is -2.03. The smallest absolute Gasteiger partial charge is 0.311 e. The maximum absolute atomic E-state index is 11.3. The maximum Gasteiger partial charge on any atom is 0.311 e. The highest BCUT2D eigenvalue weighted by Gasteiger charge is 2.06. The Hall–Kier alpha value is -1.11. The monoisotopic (exact) mass is 334 g/mol. The lowest BCUT2D eigenvalue weighted by molar-refractivity contribution is -0.137. The van der Waals surface area contributed by atoms with Crippen LogP contribution in [0.5, 0.6) is 5.75 Å². The number of rotatable bonds is 5. The second kappa shape index (κ2) is 6.47. The number of carboxylic acid groups (broad SMARTS) is 1. The number of hydrogen-bond acceptors (Lipinski definition) is 3. The highest BCUT2D eigenvalue weighted by Crippen LogP contribution is 2.14. The summed E-state index contributed by atoms with van der Waals surface area (Å²) < 4.78 is 6.07. The van der Waals surface area contributed by atoms with E-state index in [1.807, 2.05) is 12.1 Å². The van der Waals surface area contributed by atoms with E-state index in [-0.39, 0.29) is 12.8 Å². The molecule has 1 rings (SSSR count). The Labute approximate surface area is 107 Å². The van der Waals surface area contributed by atoms with Gasteiger partial charge >= 0.3 is 11.9 Å². The Morgan fingerprint density at radius 2 is 1.81 bits per heavy atom. The van der Waals surface area contributed by atoms with Gasteiger partial charge in [0.25, 0.3) is 0 Å². The molecule has 0 atom stereocenters. The molecule has 16 heavy (non-hydrogen) atoms. The zero-order chi connectivity index (χ0) is 12.0. The highest BCUT2D eigenvalue weighted by atomic mass is 127. The molecule has 1 aromatic carbocycles.